The predicted octanol–water partition coefficient (Wildman–Crippen LogP) is 5.97. The number of halogens is 3. The smallest absolute Gasteiger partial charge is 0.388 e. The van der Waals surface area contributed by atoms with Crippen molar-refractivity contribution in [3.8, 4) is 11.3 Å². The Bertz CT molecular complexity index is 1430. The summed E-state index contributed by atoms with van der Waals surface area (Å²) in [7, 11) is 0. The lowest BCUT2D eigenvalue weighted by Gasteiger charge is -2.40. The Morgan fingerprint density at radius 2 is 1.70 bits per heavy atom. The van der Waals surface area contributed by atoms with Gasteiger partial charge in [-0.15, -0.1) is 4.91 Å². The molecule has 1 saturated carbocycles. The Labute approximate surface area is 247 Å². The molecule has 228 valence electrons. The van der Waals surface area contributed by atoms with E-state index >= 15 is 0 Å². The lowest BCUT2D eigenvalue weighted by molar-refractivity contribution is -0.137. The fourth-order valence-corrected chi connectivity index (χ4v) is 6.02. The van der Waals surface area contributed by atoms with Crippen molar-refractivity contribution in [2.24, 2.45) is 5.18 Å². The van der Waals surface area contributed by atoms with Gasteiger partial charge >= 0.3 is 12.1 Å². The zero-order valence-corrected chi connectivity index (χ0v) is 23.7. The second kappa shape index (κ2) is 12.8. The van der Waals surface area contributed by atoms with Crippen LogP contribution >= 0.6 is 0 Å². The maximum Gasteiger partial charge on any atom is 0.416 e. The number of rotatable bonds is 9. The van der Waals surface area contributed by atoms with Gasteiger partial charge in [-0.1, -0.05) is 31.4 Å². The number of carbonyl (C=O) groups is 2. The van der Waals surface area contributed by atoms with Gasteiger partial charge in [0.25, 0.3) is 0 Å². The molecule has 0 atom stereocenters. The van der Waals surface area contributed by atoms with Crippen molar-refractivity contribution in [2.75, 3.05) is 24.5 Å². The molecule has 43 heavy (non-hydrogen) atoms. The standard InChI is InChI=1S/C31H34F3N5O4/c32-31(33,34)25-10-6-22(7-11-25)28-24(19-39(35-28)27-4-2-1-3-5-27)18-37-16-14-30(42,15-17-37)20-38(21-40)26-12-8-23(9-13-26)29(41)36-43/h6-13,19,21,27,42H,1-5,14-18,20H2. The van der Waals surface area contributed by atoms with E-state index in [1.165, 1.54) is 47.7 Å². The molecular formula is C31H34F3N5O4. The fourth-order valence-electron chi connectivity index (χ4n) is 6.02. The predicted molar refractivity (Wildman–Crippen MR) is 154 cm³/mol. The Balaban J connectivity index is 1.28. The molecule has 9 nitrogen and oxygen atoms in total. The van der Waals surface area contributed by atoms with Crippen LogP contribution in [-0.4, -0.2) is 57.3 Å². The zero-order chi connectivity index (χ0) is 30.6. The van der Waals surface area contributed by atoms with Gasteiger partial charge in [-0.2, -0.15) is 18.3 Å². The van der Waals surface area contributed by atoms with Crippen LogP contribution in [0.4, 0.5) is 18.9 Å². The van der Waals surface area contributed by atoms with E-state index in [0.717, 1.165) is 43.4 Å². The number of aliphatic hydroxyl groups is 1. The van der Waals surface area contributed by atoms with Crippen LogP contribution in [0.3, 0.4) is 0 Å². The van der Waals surface area contributed by atoms with Crippen molar-refractivity contribution in [3.05, 3.63) is 76.3 Å². The number of likely N-dealkylation sites (tertiary alicyclic amines) is 1. The third-order valence-electron chi connectivity index (χ3n) is 8.54. The Hall–Kier alpha value is -3.90. The van der Waals surface area contributed by atoms with Crippen molar-refractivity contribution in [1.82, 2.24) is 14.7 Å². The molecule has 0 unspecified atom stereocenters. The van der Waals surface area contributed by atoms with Crippen molar-refractivity contribution in [1.29, 1.82) is 0 Å². The SMILES string of the molecule is O=CN(CC1(O)CCN(Cc2cn(C3CCCCC3)nc2-c2ccc(C(F)(F)F)cc2)CC1)c1ccc(C(=O)N=O)cc1. The molecule has 0 bridgehead atoms. The van der Waals surface area contributed by atoms with Gasteiger partial charge in [0.15, 0.2) is 0 Å². The van der Waals surface area contributed by atoms with Crippen LogP contribution in [0, 0.1) is 4.91 Å². The minimum Gasteiger partial charge on any atom is -0.388 e. The number of hydrogen-bond acceptors (Lipinski definition) is 6. The summed E-state index contributed by atoms with van der Waals surface area (Å²) in [5.41, 5.74) is 0.960. The van der Waals surface area contributed by atoms with Crippen LogP contribution in [-0.2, 0) is 17.5 Å². The highest BCUT2D eigenvalue weighted by atomic mass is 19.4. The molecule has 2 aliphatic rings. The van der Waals surface area contributed by atoms with E-state index in [2.05, 4.69) is 10.1 Å². The Kier molecular flexibility index (Phi) is 9.07. The van der Waals surface area contributed by atoms with E-state index in [0.29, 0.717) is 55.8 Å². The van der Waals surface area contributed by atoms with E-state index in [9.17, 15) is 32.8 Å². The molecular weight excluding hydrogens is 563 g/mol. The lowest BCUT2D eigenvalue weighted by Crippen LogP contribution is -2.50. The van der Waals surface area contributed by atoms with Crippen molar-refractivity contribution in [2.45, 2.75) is 69.3 Å². The van der Waals surface area contributed by atoms with Crippen molar-refractivity contribution < 1.29 is 27.9 Å². The number of alkyl halides is 3. The summed E-state index contributed by atoms with van der Waals surface area (Å²) in [5.74, 6) is -0.902. The number of carbonyl (C=O) groups excluding carboxylic acids is 2. The van der Waals surface area contributed by atoms with Crippen LogP contribution in [0.15, 0.2) is 59.9 Å². The Morgan fingerprint density at radius 3 is 2.28 bits per heavy atom. The van der Waals surface area contributed by atoms with Crippen LogP contribution in [0.5, 0.6) is 0 Å². The largest absolute Gasteiger partial charge is 0.416 e. The van der Waals surface area contributed by atoms with E-state index in [-0.39, 0.29) is 18.2 Å². The molecule has 1 aliphatic carbocycles. The molecule has 1 saturated heterocycles. The molecule has 2 heterocycles. The van der Waals surface area contributed by atoms with Crippen LogP contribution in [0.25, 0.3) is 11.3 Å². The van der Waals surface area contributed by atoms with Gasteiger partial charge in [0.05, 0.1) is 29.4 Å². The van der Waals surface area contributed by atoms with Gasteiger partial charge in [0.1, 0.15) is 0 Å². The third kappa shape index (κ3) is 7.19. The highest BCUT2D eigenvalue weighted by molar-refractivity contribution is 5.95. The van der Waals surface area contributed by atoms with Gasteiger partial charge in [0.2, 0.25) is 6.41 Å². The first-order chi connectivity index (χ1) is 20.6. The number of aromatic nitrogens is 2. The van der Waals surface area contributed by atoms with Gasteiger partial charge in [-0.3, -0.25) is 19.2 Å². The number of benzene rings is 2. The second-order valence-electron chi connectivity index (χ2n) is 11.5. The number of amides is 2. The molecule has 0 spiro atoms. The van der Waals surface area contributed by atoms with E-state index in [4.69, 9.17) is 5.10 Å². The molecule has 0 radical (unpaired) electrons. The zero-order valence-electron chi connectivity index (χ0n) is 23.7. The Morgan fingerprint density at radius 1 is 1.05 bits per heavy atom. The van der Waals surface area contributed by atoms with E-state index in [1.54, 1.807) is 0 Å². The number of nitrogens with zero attached hydrogens (tertiary/aromatic N) is 5. The highest BCUT2D eigenvalue weighted by Crippen LogP contribution is 2.35. The van der Waals surface area contributed by atoms with Crippen LogP contribution in [0.2, 0.25) is 0 Å². The molecule has 2 fully saturated rings. The first-order valence-corrected chi connectivity index (χ1v) is 14.5. The summed E-state index contributed by atoms with van der Waals surface area (Å²) in [6.07, 6.45) is 4.49. The normalized spacial score (nSPS) is 17.9. The molecule has 5 rings (SSSR count). The quantitative estimate of drug-likeness (QED) is 0.241. The topological polar surface area (TPSA) is 108 Å². The molecule has 3 aromatic rings. The van der Waals surface area contributed by atoms with Gasteiger partial charge in [-0.25, -0.2) is 0 Å². The number of nitroso groups, excluding NO2 is 1. The summed E-state index contributed by atoms with van der Waals surface area (Å²) < 4.78 is 41.5. The molecule has 1 aromatic heterocycles. The molecule has 12 heteroatoms. The fraction of sp³-hybridized carbons (Fsp3) is 0.452. The average molecular weight is 598 g/mol. The van der Waals surface area contributed by atoms with Crippen molar-refractivity contribution in [3.63, 3.8) is 0 Å². The number of piperidine rings is 1. The number of anilines is 1. The van der Waals surface area contributed by atoms with Gasteiger partial charge in [0, 0.05) is 53.4 Å². The first kappa shape index (κ1) is 30.6. The van der Waals surface area contributed by atoms with Gasteiger partial charge < -0.3 is 10.0 Å². The molecule has 1 aliphatic heterocycles. The molecule has 2 amide bonds. The van der Waals surface area contributed by atoms with Gasteiger partial charge in [-0.05, 0) is 62.1 Å². The molecule has 2 aromatic carbocycles. The van der Waals surface area contributed by atoms with Crippen molar-refractivity contribution >= 4 is 18.0 Å². The molecule has 1 N–H and O–H groups in total. The van der Waals surface area contributed by atoms with Crippen LogP contribution in [0.1, 0.15) is 72.5 Å². The summed E-state index contributed by atoms with van der Waals surface area (Å²) in [6, 6.07) is 11.2. The third-order valence-corrected chi connectivity index (χ3v) is 8.54. The average Bonchev–Trinajstić information content (AvgIpc) is 3.44. The maximum atomic E-state index is 13.2. The van der Waals surface area contributed by atoms with Crippen LogP contribution < -0.4 is 4.90 Å². The summed E-state index contributed by atoms with van der Waals surface area (Å²) in [4.78, 5) is 37.4. The lowest BCUT2D eigenvalue weighted by atomic mass is 9.90. The summed E-state index contributed by atoms with van der Waals surface area (Å²) in [6.45, 7) is 1.67. The summed E-state index contributed by atoms with van der Waals surface area (Å²) in [5, 5.41) is 18.6. The minimum absolute atomic E-state index is 0.0555. The number of hydrogen-bond donors (Lipinski definition) is 1. The monoisotopic (exact) mass is 597 g/mol. The minimum atomic E-state index is -4.41. The maximum absolute atomic E-state index is 13.2. The first-order valence-electron chi connectivity index (χ1n) is 14.5. The van der Waals surface area contributed by atoms with E-state index < -0.39 is 23.2 Å². The second-order valence-corrected chi connectivity index (χ2v) is 11.5. The highest BCUT2D eigenvalue weighted by Gasteiger charge is 2.35. The van der Waals surface area contributed by atoms with E-state index in [1.807, 2.05) is 10.9 Å². The summed E-state index contributed by atoms with van der Waals surface area (Å²) >= 11 is 0.